The van der Waals surface area contributed by atoms with E-state index in [-0.39, 0.29) is 14.8 Å². The Balaban J connectivity index is 2.27. The minimum atomic E-state index is -3.65. The van der Waals surface area contributed by atoms with Crippen LogP contribution >= 0.6 is 11.3 Å². The van der Waals surface area contributed by atoms with Crippen LogP contribution in [-0.4, -0.2) is 13.4 Å². The number of hydrogen-bond donors (Lipinski definition) is 2. The highest BCUT2D eigenvalue weighted by Gasteiger charge is 2.21. The Morgan fingerprint density at radius 2 is 1.76 bits per heavy atom. The van der Waals surface area contributed by atoms with Crippen molar-refractivity contribution >= 4 is 32.2 Å². The molecule has 0 amide bonds. The Bertz CT molecular complexity index is 742. The van der Waals surface area contributed by atoms with E-state index < -0.39 is 10.0 Å². The smallest absolute Gasteiger partial charge is 0.273 e. The van der Waals surface area contributed by atoms with Gasteiger partial charge in [0.05, 0.1) is 5.69 Å². The summed E-state index contributed by atoms with van der Waals surface area (Å²) in [6.07, 6.45) is 0. The van der Waals surface area contributed by atoms with Crippen molar-refractivity contribution in [2.75, 3.05) is 10.5 Å². The molecule has 114 valence electrons. The van der Waals surface area contributed by atoms with Crippen molar-refractivity contribution in [3.63, 3.8) is 0 Å². The largest absolute Gasteiger partial charge is 0.375 e. The van der Waals surface area contributed by atoms with Crippen LogP contribution < -0.4 is 10.5 Å². The molecule has 7 heteroatoms. The predicted molar refractivity (Wildman–Crippen MR) is 87.2 cm³/mol. The van der Waals surface area contributed by atoms with Crippen molar-refractivity contribution in [1.82, 2.24) is 4.98 Å². The molecular formula is C14H19N3O2S2. The van der Waals surface area contributed by atoms with Gasteiger partial charge in [0.25, 0.3) is 10.0 Å². The second kappa shape index (κ2) is 5.31. The molecule has 1 heterocycles. The zero-order valence-corrected chi connectivity index (χ0v) is 14.1. The summed E-state index contributed by atoms with van der Waals surface area (Å²) in [5.41, 5.74) is 7.66. The summed E-state index contributed by atoms with van der Waals surface area (Å²) in [5, 5.41) is 0.246. The minimum absolute atomic E-state index is 0.0279. The van der Waals surface area contributed by atoms with Gasteiger partial charge in [0, 0.05) is 5.69 Å². The molecule has 0 radical (unpaired) electrons. The fourth-order valence-corrected chi connectivity index (χ4v) is 4.25. The molecule has 0 fully saturated rings. The van der Waals surface area contributed by atoms with Crippen LogP contribution in [0.4, 0.5) is 10.8 Å². The summed E-state index contributed by atoms with van der Waals surface area (Å²) < 4.78 is 27.3. The van der Waals surface area contributed by atoms with E-state index in [0.717, 1.165) is 16.9 Å². The number of thiazole rings is 1. The second-order valence-electron chi connectivity index (χ2n) is 5.86. The summed E-state index contributed by atoms with van der Waals surface area (Å²) in [6, 6.07) is 7.37. The fourth-order valence-electron chi connectivity index (χ4n) is 1.89. The van der Waals surface area contributed by atoms with Gasteiger partial charge in [-0.1, -0.05) is 44.2 Å². The van der Waals surface area contributed by atoms with E-state index in [1.54, 1.807) is 19.1 Å². The number of aryl methyl sites for hydroxylation is 1. The number of nitrogens with one attached hydrogen (secondary N) is 1. The zero-order chi connectivity index (χ0) is 15.8. The third-order valence-electron chi connectivity index (χ3n) is 3.02. The lowest BCUT2D eigenvalue weighted by Crippen LogP contribution is -2.14. The molecule has 0 atom stereocenters. The summed E-state index contributed by atoms with van der Waals surface area (Å²) in [5.74, 6) is 0. The summed E-state index contributed by atoms with van der Waals surface area (Å²) in [7, 11) is -3.65. The van der Waals surface area contributed by atoms with Gasteiger partial charge in [0.1, 0.15) is 0 Å². The molecule has 2 rings (SSSR count). The van der Waals surface area contributed by atoms with Gasteiger partial charge >= 0.3 is 0 Å². The van der Waals surface area contributed by atoms with Crippen molar-refractivity contribution in [2.45, 2.75) is 37.3 Å². The number of hydrogen-bond acceptors (Lipinski definition) is 5. The maximum atomic E-state index is 12.3. The van der Waals surface area contributed by atoms with Gasteiger partial charge < -0.3 is 5.73 Å². The van der Waals surface area contributed by atoms with E-state index in [2.05, 4.69) is 30.5 Å². The van der Waals surface area contributed by atoms with Crippen LogP contribution in [0.2, 0.25) is 0 Å². The van der Waals surface area contributed by atoms with Crippen LogP contribution in [0.5, 0.6) is 0 Å². The molecule has 3 N–H and O–H groups in total. The molecule has 0 saturated carbocycles. The van der Waals surface area contributed by atoms with Crippen LogP contribution in [0.15, 0.2) is 28.5 Å². The van der Waals surface area contributed by atoms with E-state index in [0.29, 0.717) is 11.4 Å². The number of anilines is 2. The van der Waals surface area contributed by atoms with Gasteiger partial charge in [-0.2, -0.15) is 0 Å². The molecule has 2 aromatic rings. The molecule has 0 aliphatic rings. The van der Waals surface area contributed by atoms with Crippen LogP contribution in [0.3, 0.4) is 0 Å². The second-order valence-corrected chi connectivity index (χ2v) is 8.77. The maximum absolute atomic E-state index is 12.3. The normalized spacial score (nSPS) is 12.4. The fraction of sp³-hybridized carbons (Fsp3) is 0.357. The third-order valence-corrected chi connectivity index (χ3v) is 6.00. The number of nitrogens with zero attached hydrogens (tertiary/aromatic N) is 1. The predicted octanol–water partition coefficient (Wildman–Crippen LogP) is 3.13. The first-order chi connectivity index (χ1) is 9.59. The van der Waals surface area contributed by atoms with Crippen LogP contribution in [0.25, 0.3) is 0 Å². The molecular weight excluding hydrogens is 306 g/mol. The van der Waals surface area contributed by atoms with Crippen molar-refractivity contribution < 1.29 is 8.42 Å². The molecule has 1 aromatic heterocycles. The molecule has 1 aromatic carbocycles. The number of nitrogen functional groups attached to an aromatic ring is 1. The van der Waals surface area contributed by atoms with Gasteiger partial charge in [-0.3, -0.25) is 4.72 Å². The first-order valence-electron chi connectivity index (χ1n) is 6.46. The Hall–Kier alpha value is -1.60. The first kappa shape index (κ1) is 15.8. The number of nitrogens with two attached hydrogens (primary N) is 1. The van der Waals surface area contributed by atoms with Gasteiger partial charge in [-0.25, -0.2) is 13.4 Å². The topological polar surface area (TPSA) is 85.1 Å². The molecule has 0 bridgehead atoms. The van der Waals surface area contributed by atoms with E-state index >= 15 is 0 Å². The molecule has 0 saturated heterocycles. The summed E-state index contributed by atoms with van der Waals surface area (Å²) >= 11 is 0.964. The molecule has 0 spiro atoms. The molecule has 5 nitrogen and oxygen atoms in total. The van der Waals surface area contributed by atoms with Gasteiger partial charge in [-0.05, 0) is 30.0 Å². The van der Waals surface area contributed by atoms with Crippen molar-refractivity contribution in [1.29, 1.82) is 0 Å². The standard InChI is InChI=1S/C14H19N3O2S2/c1-9-12(20-13(15)16-9)21(18,19)17-11-7-5-10(6-8-11)14(2,3)4/h5-8,17H,1-4H3,(H2,15,16). The van der Waals surface area contributed by atoms with Crippen LogP contribution in [0.1, 0.15) is 32.0 Å². The molecule has 0 unspecified atom stereocenters. The lowest BCUT2D eigenvalue weighted by molar-refractivity contribution is 0.590. The van der Waals surface area contributed by atoms with Crippen molar-refractivity contribution in [3.8, 4) is 0 Å². The zero-order valence-electron chi connectivity index (χ0n) is 12.5. The summed E-state index contributed by atoms with van der Waals surface area (Å²) in [6.45, 7) is 7.95. The van der Waals surface area contributed by atoms with Gasteiger partial charge in [-0.15, -0.1) is 0 Å². The third kappa shape index (κ3) is 3.54. The highest BCUT2D eigenvalue weighted by molar-refractivity contribution is 7.94. The minimum Gasteiger partial charge on any atom is -0.375 e. The SMILES string of the molecule is Cc1nc(N)sc1S(=O)(=O)Nc1ccc(C(C)(C)C)cc1. The van der Waals surface area contributed by atoms with Crippen LogP contribution in [-0.2, 0) is 15.4 Å². The number of aromatic nitrogens is 1. The van der Waals surface area contributed by atoms with E-state index in [4.69, 9.17) is 5.73 Å². The van der Waals surface area contributed by atoms with E-state index in [9.17, 15) is 8.42 Å². The van der Waals surface area contributed by atoms with Crippen molar-refractivity contribution in [3.05, 3.63) is 35.5 Å². The number of sulfonamides is 1. The molecule has 0 aliphatic carbocycles. The number of rotatable bonds is 3. The van der Waals surface area contributed by atoms with Crippen molar-refractivity contribution in [2.24, 2.45) is 0 Å². The lowest BCUT2D eigenvalue weighted by Gasteiger charge is -2.19. The van der Waals surface area contributed by atoms with Gasteiger partial charge in [0.15, 0.2) is 9.34 Å². The Morgan fingerprint density at radius 1 is 1.19 bits per heavy atom. The van der Waals surface area contributed by atoms with E-state index in [1.807, 2.05) is 12.1 Å². The maximum Gasteiger partial charge on any atom is 0.273 e. The average Bonchev–Trinajstić information content (AvgIpc) is 2.68. The Kier molecular flexibility index (Phi) is 3.99. The Labute approximate surface area is 129 Å². The molecule has 0 aliphatic heterocycles. The highest BCUT2D eigenvalue weighted by atomic mass is 32.2. The first-order valence-corrected chi connectivity index (χ1v) is 8.76. The van der Waals surface area contributed by atoms with Gasteiger partial charge in [0.2, 0.25) is 0 Å². The summed E-state index contributed by atoms with van der Waals surface area (Å²) in [4.78, 5) is 3.94. The quantitative estimate of drug-likeness (QED) is 0.908. The lowest BCUT2D eigenvalue weighted by atomic mass is 9.87. The molecule has 21 heavy (non-hydrogen) atoms. The van der Waals surface area contributed by atoms with E-state index in [1.165, 1.54) is 0 Å². The van der Waals surface area contributed by atoms with Crippen LogP contribution in [0, 0.1) is 6.92 Å². The number of benzene rings is 1. The monoisotopic (exact) mass is 325 g/mol. The average molecular weight is 325 g/mol. The Morgan fingerprint density at radius 3 is 2.19 bits per heavy atom. The highest BCUT2D eigenvalue weighted by Crippen LogP contribution is 2.28.